The van der Waals surface area contributed by atoms with Crippen LogP contribution in [0.4, 0.5) is 8.78 Å². The van der Waals surface area contributed by atoms with Gasteiger partial charge in [-0.05, 0) is 113 Å². The first-order valence-electron chi connectivity index (χ1n) is 25.2. The molecule has 14 nitrogen and oxygen atoms in total. The Morgan fingerprint density at radius 1 is 0.808 bits per heavy atom. The first kappa shape index (κ1) is 53.1. The summed E-state index contributed by atoms with van der Waals surface area (Å²) in [6, 6.07) is 20.5. The predicted molar refractivity (Wildman–Crippen MR) is 290 cm³/mol. The second-order valence-corrected chi connectivity index (χ2v) is 32.5. The van der Waals surface area contributed by atoms with E-state index in [9.17, 15) is 18.7 Å². The zero-order chi connectivity index (χ0) is 52.0. The molecule has 8 aromatic rings. The number of aromatic nitrogens is 8. The molecule has 3 N–H and O–H groups in total. The van der Waals surface area contributed by atoms with Gasteiger partial charge < -0.3 is 28.9 Å². The second kappa shape index (κ2) is 22.9. The van der Waals surface area contributed by atoms with Gasteiger partial charge in [0, 0.05) is 71.7 Å². The molecule has 1 aliphatic rings. The summed E-state index contributed by atoms with van der Waals surface area (Å²) in [5.41, 5.74) is 10.5. The number of ether oxygens (including phenoxy) is 3. The summed E-state index contributed by atoms with van der Waals surface area (Å²) in [6.07, 6.45) is 5.79. The molecule has 5 heterocycles. The lowest BCUT2D eigenvalue weighted by atomic mass is 9.95. The largest absolute Gasteiger partial charge is 0.505 e. The Morgan fingerprint density at radius 2 is 1.45 bits per heavy atom. The SMILES string of the molecule is CCc1cc(C)c(F)cc1-c1ccc2c(-c3nc(C=O)cn3COCC[Si](C)(C)C)nn(COCC[Si](C)(C)C)c2c1.CCc1cc(O)c(F)cc1-c1ccc2c(-c3ncc(CN4CCOCC4)[nH]3)n[nH]c2c1. The molecular formula is C55H69F2N9O5Si2. The predicted octanol–water partition coefficient (Wildman–Crippen LogP) is 11.9. The van der Waals surface area contributed by atoms with Gasteiger partial charge in [-0.25, -0.2) is 23.4 Å². The van der Waals surface area contributed by atoms with Crippen LogP contribution in [0, 0.1) is 18.6 Å². The number of halogens is 2. The van der Waals surface area contributed by atoms with Crippen molar-refractivity contribution in [1.29, 1.82) is 0 Å². The summed E-state index contributed by atoms with van der Waals surface area (Å²) < 4.78 is 49.9. The maximum absolute atomic E-state index is 14.7. The fourth-order valence-electron chi connectivity index (χ4n) is 8.85. The number of H-pyrrole nitrogens is 2. The number of carbonyl (C=O) groups excluding carboxylic acids is 1. The number of aldehydes is 1. The number of fused-ring (bicyclic) bond motifs is 2. The van der Waals surface area contributed by atoms with Crippen molar-refractivity contribution in [3.05, 3.63) is 113 Å². The Labute approximate surface area is 428 Å². The highest BCUT2D eigenvalue weighted by Gasteiger charge is 2.22. The minimum atomic E-state index is -1.26. The van der Waals surface area contributed by atoms with Gasteiger partial charge in [0.15, 0.2) is 29.5 Å². The van der Waals surface area contributed by atoms with E-state index in [2.05, 4.69) is 82.3 Å². The van der Waals surface area contributed by atoms with Gasteiger partial charge in [0.05, 0.1) is 30.4 Å². The molecule has 0 aliphatic carbocycles. The van der Waals surface area contributed by atoms with E-state index >= 15 is 0 Å². The number of aromatic amines is 2. The monoisotopic (exact) mass is 1030 g/mol. The molecule has 0 unspecified atom stereocenters. The van der Waals surface area contributed by atoms with Gasteiger partial charge in [0.2, 0.25) is 0 Å². The molecule has 1 fully saturated rings. The van der Waals surface area contributed by atoms with E-state index in [0.29, 0.717) is 48.2 Å². The van der Waals surface area contributed by atoms with Crippen LogP contribution < -0.4 is 0 Å². The Kier molecular flexibility index (Phi) is 16.7. The van der Waals surface area contributed by atoms with E-state index < -0.39 is 22.0 Å². The van der Waals surface area contributed by atoms with E-state index in [1.54, 1.807) is 19.2 Å². The lowest BCUT2D eigenvalue weighted by molar-refractivity contribution is 0.0337. The number of benzene rings is 4. The lowest BCUT2D eigenvalue weighted by Crippen LogP contribution is -2.35. The third-order valence-corrected chi connectivity index (χ3v) is 16.6. The lowest BCUT2D eigenvalue weighted by Gasteiger charge is -2.25. The maximum atomic E-state index is 14.7. The van der Waals surface area contributed by atoms with E-state index in [0.717, 1.165) is 124 Å². The first-order valence-corrected chi connectivity index (χ1v) is 32.7. The number of nitrogens with one attached hydrogen (secondary N) is 2. The molecule has 4 aromatic heterocycles. The third kappa shape index (κ3) is 13.0. The molecule has 0 radical (unpaired) electrons. The maximum Gasteiger partial charge on any atom is 0.170 e. The summed E-state index contributed by atoms with van der Waals surface area (Å²) in [4.78, 5) is 26.6. The average Bonchev–Trinajstić information content (AvgIpc) is 4.18. The van der Waals surface area contributed by atoms with Crippen LogP contribution in [0.5, 0.6) is 5.75 Å². The topological polar surface area (TPSA) is 161 Å². The van der Waals surface area contributed by atoms with Crippen molar-refractivity contribution in [1.82, 2.24) is 44.4 Å². The zero-order valence-electron chi connectivity index (χ0n) is 43.7. The van der Waals surface area contributed by atoms with Crippen LogP contribution in [-0.4, -0.2) is 111 Å². The molecule has 9 rings (SSSR count). The Hall–Kier alpha value is -6.16. The summed E-state index contributed by atoms with van der Waals surface area (Å²) in [7, 11) is -2.49. The van der Waals surface area contributed by atoms with E-state index in [4.69, 9.17) is 19.3 Å². The molecule has 0 bridgehead atoms. The summed E-state index contributed by atoms with van der Waals surface area (Å²) in [6.45, 7) is 25.8. The van der Waals surface area contributed by atoms with E-state index in [1.165, 1.54) is 12.1 Å². The minimum absolute atomic E-state index is 0.219. The number of hydrogen-bond acceptors (Lipinski definition) is 10. The highest BCUT2D eigenvalue weighted by molar-refractivity contribution is 6.76. The van der Waals surface area contributed by atoms with Crippen LogP contribution in [0.15, 0.2) is 73.1 Å². The van der Waals surface area contributed by atoms with Crippen LogP contribution in [0.2, 0.25) is 51.4 Å². The number of aryl methyl sites for hydroxylation is 3. The van der Waals surface area contributed by atoms with Crippen LogP contribution in [0.1, 0.15) is 46.7 Å². The number of imidazole rings is 2. The van der Waals surface area contributed by atoms with Crippen molar-refractivity contribution in [3.8, 4) is 51.0 Å². The molecule has 0 saturated carbocycles. The van der Waals surface area contributed by atoms with Crippen LogP contribution in [-0.2, 0) is 47.1 Å². The van der Waals surface area contributed by atoms with Crippen LogP contribution in [0.25, 0.3) is 67.1 Å². The first-order chi connectivity index (χ1) is 34.9. The van der Waals surface area contributed by atoms with Gasteiger partial charge in [0.25, 0.3) is 0 Å². The molecule has 4 aromatic carbocycles. The molecule has 1 aliphatic heterocycles. The molecule has 0 atom stereocenters. The van der Waals surface area contributed by atoms with Gasteiger partial charge in [-0.15, -0.1) is 0 Å². The third-order valence-electron chi connectivity index (χ3n) is 13.2. The number of morpholine rings is 1. The van der Waals surface area contributed by atoms with Crippen molar-refractivity contribution in [2.24, 2.45) is 0 Å². The second-order valence-electron chi connectivity index (χ2n) is 21.3. The highest BCUT2D eigenvalue weighted by Crippen LogP contribution is 2.36. The Morgan fingerprint density at radius 3 is 2.12 bits per heavy atom. The number of aromatic hydroxyl groups is 1. The standard InChI is InChI=1S/C32H45FN4O3Si2.C23H24FN5O2/c1-9-24-16-23(2)29(33)18-28(24)25-10-11-27-30(17-25)37(22-40-13-15-42(6,7)8)35-31(27)32-34-26(20-38)19-36(32)21-39-12-14-41(3,4)5;1-2-14-10-21(30)19(24)11-18(14)15-3-4-17-20(9-15)27-28-22(17)23-25-12-16(26-23)13-29-5-7-31-8-6-29/h10-11,16-20H,9,12-15,21-22H2,1-8H3;3-4,9-12,30H,2,5-8,13H2,1H3,(H,25,26)(H,27,28). The molecule has 73 heavy (non-hydrogen) atoms. The molecule has 386 valence electrons. The van der Waals surface area contributed by atoms with Crippen molar-refractivity contribution >= 4 is 44.2 Å². The Balaban J connectivity index is 0.000000203. The number of phenols is 1. The molecule has 1 saturated heterocycles. The van der Waals surface area contributed by atoms with Gasteiger partial charge in [-0.3, -0.25) is 14.8 Å². The number of hydrogen-bond donors (Lipinski definition) is 3. The summed E-state index contributed by atoms with van der Waals surface area (Å²) >= 11 is 0. The number of rotatable bonds is 19. The quantitative estimate of drug-likeness (QED) is 0.0404. The minimum Gasteiger partial charge on any atom is -0.505 e. The van der Waals surface area contributed by atoms with Crippen molar-refractivity contribution in [2.45, 2.75) is 105 Å². The molecular weight excluding hydrogens is 961 g/mol. The molecule has 0 amide bonds. The van der Waals surface area contributed by atoms with Gasteiger partial charge in [-0.2, -0.15) is 10.2 Å². The van der Waals surface area contributed by atoms with Crippen molar-refractivity contribution in [3.63, 3.8) is 0 Å². The normalized spacial score (nSPS) is 13.5. The highest BCUT2D eigenvalue weighted by atomic mass is 28.3. The van der Waals surface area contributed by atoms with Crippen LogP contribution in [0.3, 0.4) is 0 Å². The summed E-state index contributed by atoms with van der Waals surface area (Å²) in [5.74, 6) is 0.118. The Bertz CT molecular complexity index is 3200. The van der Waals surface area contributed by atoms with E-state index in [-0.39, 0.29) is 25.0 Å². The average molecular weight is 1030 g/mol. The smallest absolute Gasteiger partial charge is 0.170 e. The van der Waals surface area contributed by atoms with Crippen LogP contribution >= 0.6 is 0 Å². The van der Waals surface area contributed by atoms with Gasteiger partial charge in [0.1, 0.15) is 36.4 Å². The van der Waals surface area contributed by atoms with Gasteiger partial charge >= 0.3 is 0 Å². The number of carbonyl (C=O) groups is 1. The van der Waals surface area contributed by atoms with Crippen molar-refractivity contribution < 1.29 is 32.9 Å². The molecule has 18 heteroatoms. The van der Waals surface area contributed by atoms with Crippen molar-refractivity contribution in [2.75, 3.05) is 39.5 Å². The fourth-order valence-corrected chi connectivity index (χ4v) is 10.4. The zero-order valence-corrected chi connectivity index (χ0v) is 45.7. The van der Waals surface area contributed by atoms with E-state index in [1.807, 2.05) is 58.8 Å². The number of nitrogens with zero attached hydrogens (tertiary/aromatic N) is 7. The van der Waals surface area contributed by atoms with Gasteiger partial charge in [-0.1, -0.05) is 71.3 Å². The summed E-state index contributed by atoms with van der Waals surface area (Å²) in [5, 5.41) is 24.0. The number of phenolic OH excluding ortho intramolecular Hbond substituents is 1. The molecule has 0 spiro atoms. The fraction of sp³-hybridized carbons (Fsp3) is 0.400.